The Hall–Kier alpha value is -1.60. The Morgan fingerprint density at radius 2 is 1.91 bits per heavy atom. The van der Waals surface area contributed by atoms with Gasteiger partial charge in [0.2, 0.25) is 0 Å². The number of imidazole rings is 1. The standard InChI is InChI=1S/C15H20F3N3O/c1-3-20(4-2)7-8-21-13-6-5-11(15(16,17)18)9-12(13)19-14(21)10-22/h5-6,9,22H,3-4,7-8,10H2,1-2H3. The van der Waals surface area contributed by atoms with E-state index in [1.807, 2.05) is 0 Å². The van der Waals surface area contributed by atoms with Crippen molar-refractivity contribution >= 4 is 11.0 Å². The lowest BCUT2D eigenvalue weighted by molar-refractivity contribution is -0.137. The number of likely N-dealkylation sites (N-methyl/N-ethyl adjacent to an activating group) is 1. The van der Waals surface area contributed by atoms with Gasteiger partial charge in [0.1, 0.15) is 12.4 Å². The van der Waals surface area contributed by atoms with E-state index in [9.17, 15) is 18.3 Å². The molecule has 122 valence electrons. The predicted octanol–water partition coefficient (Wildman–Crippen LogP) is 2.89. The van der Waals surface area contributed by atoms with E-state index in [0.717, 1.165) is 31.8 Å². The molecule has 0 atom stereocenters. The molecule has 0 radical (unpaired) electrons. The van der Waals surface area contributed by atoms with Crippen LogP contribution < -0.4 is 0 Å². The van der Waals surface area contributed by atoms with Crippen LogP contribution in [-0.2, 0) is 19.3 Å². The van der Waals surface area contributed by atoms with E-state index in [1.165, 1.54) is 6.07 Å². The lowest BCUT2D eigenvalue weighted by atomic mass is 10.2. The number of rotatable bonds is 6. The van der Waals surface area contributed by atoms with E-state index >= 15 is 0 Å². The van der Waals surface area contributed by atoms with Gasteiger partial charge in [0, 0.05) is 13.1 Å². The van der Waals surface area contributed by atoms with E-state index in [0.29, 0.717) is 17.9 Å². The first-order valence-electron chi connectivity index (χ1n) is 7.30. The zero-order valence-corrected chi connectivity index (χ0v) is 12.7. The highest BCUT2D eigenvalue weighted by Crippen LogP contribution is 2.31. The largest absolute Gasteiger partial charge is 0.416 e. The summed E-state index contributed by atoms with van der Waals surface area (Å²) < 4.78 is 40.1. The van der Waals surface area contributed by atoms with Crippen LogP contribution in [0.3, 0.4) is 0 Å². The number of alkyl halides is 3. The highest BCUT2D eigenvalue weighted by Gasteiger charge is 2.31. The smallest absolute Gasteiger partial charge is 0.388 e. The molecule has 1 aromatic heterocycles. The molecule has 0 amide bonds. The van der Waals surface area contributed by atoms with Crippen LogP contribution in [0.15, 0.2) is 18.2 Å². The molecule has 0 fully saturated rings. The van der Waals surface area contributed by atoms with Crippen LogP contribution in [0.5, 0.6) is 0 Å². The summed E-state index contributed by atoms with van der Waals surface area (Å²) in [6, 6.07) is 3.51. The molecule has 7 heteroatoms. The van der Waals surface area contributed by atoms with Gasteiger partial charge in [0.25, 0.3) is 0 Å². The fraction of sp³-hybridized carbons (Fsp3) is 0.533. The van der Waals surface area contributed by atoms with Crippen molar-refractivity contribution in [3.05, 3.63) is 29.6 Å². The molecule has 2 rings (SSSR count). The summed E-state index contributed by atoms with van der Waals surface area (Å²) in [7, 11) is 0. The zero-order valence-electron chi connectivity index (χ0n) is 12.7. The van der Waals surface area contributed by atoms with Crippen LogP contribution in [0.1, 0.15) is 25.2 Å². The number of fused-ring (bicyclic) bond motifs is 1. The Labute approximate surface area is 127 Å². The topological polar surface area (TPSA) is 41.3 Å². The lowest BCUT2D eigenvalue weighted by Crippen LogP contribution is -2.27. The number of aromatic nitrogens is 2. The molecular weight excluding hydrogens is 295 g/mol. The molecular formula is C15H20F3N3O. The number of benzene rings is 1. The van der Waals surface area contributed by atoms with Crippen molar-refractivity contribution in [2.75, 3.05) is 19.6 Å². The predicted molar refractivity (Wildman–Crippen MR) is 78.4 cm³/mol. The SMILES string of the molecule is CCN(CC)CCn1c(CO)nc2cc(C(F)(F)F)ccc21. The maximum atomic E-state index is 12.8. The Balaban J connectivity index is 2.36. The normalized spacial score (nSPS) is 12.5. The van der Waals surface area contributed by atoms with Crippen LogP contribution in [0.25, 0.3) is 11.0 Å². The first-order valence-corrected chi connectivity index (χ1v) is 7.30. The highest BCUT2D eigenvalue weighted by atomic mass is 19.4. The van der Waals surface area contributed by atoms with Gasteiger partial charge < -0.3 is 14.6 Å². The van der Waals surface area contributed by atoms with Gasteiger partial charge in [-0.25, -0.2) is 4.98 Å². The van der Waals surface area contributed by atoms with Crippen molar-refractivity contribution in [2.45, 2.75) is 33.2 Å². The fourth-order valence-corrected chi connectivity index (χ4v) is 2.51. The van der Waals surface area contributed by atoms with Gasteiger partial charge in [-0.05, 0) is 31.3 Å². The van der Waals surface area contributed by atoms with Crippen molar-refractivity contribution in [3.63, 3.8) is 0 Å². The van der Waals surface area contributed by atoms with Gasteiger partial charge in [-0.3, -0.25) is 0 Å². The fourth-order valence-electron chi connectivity index (χ4n) is 2.51. The minimum absolute atomic E-state index is 0.262. The average molecular weight is 315 g/mol. The lowest BCUT2D eigenvalue weighted by Gasteiger charge is -2.19. The maximum absolute atomic E-state index is 12.8. The molecule has 22 heavy (non-hydrogen) atoms. The molecule has 0 unspecified atom stereocenters. The van der Waals surface area contributed by atoms with Crippen molar-refractivity contribution in [3.8, 4) is 0 Å². The number of halogens is 3. The van der Waals surface area contributed by atoms with Gasteiger partial charge in [0.05, 0.1) is 16.6 Å². The number of hydrogen-bond donors (Lipinski definition) is 1. The van der Waals surface area contributed by atoms with E-state index in [-0.39, 0.29) is 12.1 Å². The molecule has 4 nitrogen and oxygen atoms in total. The molecule has 0 aliphatic carbocycles. The van der Waals surface area contributed by atoms with Gasteiger partial charge >= 0.3 is 6.18 Å². The van der Waals surface area contributed by atoms with Crippen LogP contribution in [-0.4, -0.2) is 39.2 Å². The Morgan fingerprint density at radius 3 is 2.45 bits per heavy atom. The number of nitrogens with zero attached hydrogens (tertiary/aromatic N) is 3. The summed E-state index contributed by atoms with van der Waals surface area (Å²) in [6.45, 7) is 6.95. The summed E-state index contributed by atoms with van der Waals surface area (Å²) in [5.41, 5.74) is 0.153. The number of aliphatic hydroxyl groups excluding tert-OH is 1. The monoisotopic (exact) mass is 315 g/mol. The van der Waals surface area contributed by atoms with Crippen LogP contribution in [0.4, 0.5) is 13.2 Å². The van der Waals surface area contributed by atoms with Gasteiger partial charge in [-0.1, -0.05) is 13.8 Å². The molecule has 0 bridgehead atoms. The number of hydrogen-bond acceptors (Lipinski definition) is 3. The third kappa shape index (κ3) is 3.41. The van der Waals surface area contributed by atoms with Crippen LogP contribution in [0.2, 0.25) is 0 Å². The second-order valence-corrected chi connectivity index (χ2v) is 5.07. The first-order chi connectivity index (χ1) is 10.4. The molecule has 1 N–H and O–H groups in total. The first kappa shape index (κ1) is 16.8. The molecule has 0 saturated carbocycles. The van der Waals surface area contributed by atoms with Crippen molar-refractivity contribution < 1.29 is 18.3 Å². The Bertz CT molecular complexity index is 633. The molecule has 1 aromatic carbocycles. The van der Waals surface area contributed by atoms with Crippen molar-refractivity contribution in [1.29, 1.82) is 0 Å². The second kappa shape index (κ2) is 6.66. The van der Waals surface area contributed by atoms with Crippen LogP contribution in [0, 0.1) is 0 Å². The molecule has 0 spiro atoms. The van der Waals surface area contributed by atoms with E-state index in [1.54, 1.807) is 4.57 Å². The third-order valence-electron chi connectivity index (χ3n) is 3.83. The van der Waals surface area contributed by atoms with Crippen molar-refractivity contribution in [2.24, 2.45) is 0 Å². The highest BCUT2D eigenvalue weighted by molar-refractivity contribution is 5.77. The van der Waals surface area contributed by atoms with E-state index in [2.05, 4.69) is 23.7 Å². The summed E-state index contributed by atoms with van der Waals surface area (Å²) in [5, 5.41) is 9.41. The van der Waals surface area contributed by atoms with E-state index in [4.69, 9.17) is 0 Å². The van der Waals surface area contributed by atoms with Gasteiger partial charge in [0.15, 0.2) is 0 Å². The molecule has 2 aromatic rings. The quantitative estimate of drug-likeness (QED) is 0.891. The Morgan fingerprint density at radius 1 is 1.23 bits per heavy atom. The molecule has 0 aliphatic rings. The third-order valence-corrected chi connectivity index (χ3v) is 3.83. The van der Waals surface area contributed by atoms with Crippen molar-refractivity contribution in [1.82, 2.24) is 14.5 Å². The van der Waals surface area contributed by atoms with E-state index < -0.39 is 11.7 Å². The summed E-state index contributed by atoms with van der Waals surface area (Å²) in [5.74, 6) is 0.390. The average Bonchev–Trinajstić information content (AvgIpc) is 2.84. The minimum atomic E-state index is -4.39. The number of aliphatic hydroxyl groups is 1. The second-order valence-electron chi connectivity index (χ2n) is 5.07. The van der Waals surface area contributed by atoms with Gasteiger partial charge in [-0.15, -0.1) is 0 Å². The molecule has 0 aliphatic heterocycles. The maximum Gasteiger partial charge on any atom is 0.416 e. The summed E-state index contributed by atoms with van der Waals surface area (Å²) in [4.78, 5) is 6.33. The Kier molecular flexibility index (Phi) is 5.08. The zero-order chi connectivity index (χ0) is 16.3. The van der Waals surface area contributed by atoms with Crippen LogP contribution >= 0.6 is 0 Å². The summed E-state index contributed by atoms with van der Waals surface area (Å²) in [6.07, 6.45) is -4.39. The van der Waals surface area contributed by atoms with Gasteiger partial charge in [-0.2, -0.15) is 13.2 Å². The molecule has 1 heterocycles. The minimum Gasteiger partial charge on any atom is -0.388 e. The summed E-state index contributed by atoms with van der Waals surface area (Å²) >= 11 is 0. The molecule has 0 saturated heterocycles.